The summed E-state index contributed by atoms with van der Waals surface area (Å²) in [6.45, 7) is 1.13. The van der Waals surface area contributed by atoms with Crippen LogP contribution in [0.25, 0.3) is 0 Å². The van der Waals surface area contributed by atoms with Crippen LogP contribution in [0, 0.1) is 0 Å². The van der Waals surface area contributed by atoms with Gasteiger partial charge in [-0.1, -0.05) is 0 Å². The second-order valence-electron chi connectivity index (χ2n) is 2.17. The molecule has 0 spiro atoms. The zero-order valence-corrected chi connectivity index (χ0v) is 8.15. The van der Waals surface area contributed by atoms with Gasteiger partial charge in [0.2, 0.25) is 0 Å². The van der Waals surface area contributed by atoms with Gasteiger partial charge in [-0.3, -0.25) is 4.52 Å². The Morgan fingerprint density at radius 2 is 2.08 bits per heavy atom. The molecule has 0 aliphatic rings. The van der Waals surface area contributed by atoms with E-state index in [-0.39, 0.29) is 12.2 Å². The van der Waals surface area contributed by atoms with Crippen LogP contribution in [0.15, 0.2) is 11.6 Å². The number of ether oxygens (including phenoxy) is 1. The van der Waals surface area contributed by atoms with Gasteiger partial charge < -0.3 is 14.5 Å². The lowest BCUT2D eigenvalue weighted by atomic mass is 10.3. The van der Waals surface area contributed by atoms with Crippen LogP contribution in [0.2, 0.25) is 0 Å². The third-order valence-corrected chi connectivity index (χ3v) is 1.63. The van der Waals surface area contributed by atoms with Gasteiger partial charge in [-0.15, -0.1) is 0 Å². The van der Waals surface area contributed by atoms with Crippen LogP contribution in [-0.4, -0.2) is 29.5 Å². The van der Waals surface area contributed by atoms with Crippen LogP contribution in [0.4, 0.5) is 0 Å². The van der Waals surface area contributed by atoms with Crippen molar-refractivity contribution < 1.29 is 28.4 Å². The van der Waals surface area contributed by atoms with Gasteiger partial charge in [-0.25, -0.2) is 9.36 Å². The van der Waals surface area contributed by atoms with Crippen molar-refractivity contribution in [2.45, 2.75) is 6.92 Å². The van der Waals surface area contributed by atoms with Crippen molar-refractivity contribution in [2.24, 2.45) is 0 Å². The number of esters is 1. The summed E-state index contributed by atoms with van der Waals surface area (Å²) in [6.07, 6.45) is 1.23. The van der Waals surface area contributed by atoms with Crippen molar-refractivity contribution in [3.05, 3.63) is 11.6 Å². The Bertz CT molecular complexity index is 252. The molecule has 0 unspecified atom stereocenters. The normalized spacial score (nSPS) is 12.8. The quantitative estimate of drug-likeness (QED) is 0.391. The SMILES string of the molecule is COC(=O)/C(C)=C\COP(=O)(O)O. The molecule has 0 aromatic carbocycles. The van der Waals surface area contributed by atoms with Crippen LogP contribution in [-0.2, 0) is 18.6 Å². The van der Waals surface area contributed by atoms with Crippen LogP contribution in [0.5, 0.6) is 0 Å². The first kappa shape index (κ1) is 12.3. The van der Waals surface area contributed by atoms with Gasteiger partial charge in [0.25, 0.3) is 0 Å². The number of methoxy groups -OCH3 is 1. The number of phosphoric ester groups is 1. The van der Waals surface area contributed by atoms with Crippen molar-refractivity contribution >= 4 is 13.8 Å². The van der Waals surface area contributed by atoms with E-state index in [4.69, 9.17) is 9.79 Å². The molecule has 0 rings (SSSR count). The molecule has 0 saturated heterocycles. The molecule has 0 aliphatic carbocycles. The van der Waals surface area contributed by atoms with Gasteiger partial charge >= 0.3 is 13.8 Å². The third kappa shape index (κ3) is 6.48. The molecule has 6 nitrogen and oxygen atoms in total. The smallest absolute Gasteiger partial charge is 0.466 e. The maximum atomic E-state index is 10.7. The predicted molar refractivity (Wildman–Crippen MR) is 43.8 cm³/mol. The highest BCUT2D eigenvalue weighted by molar-refractivity contribution is 7.46. The summed E-state index contributed by atoms with van der Waals surface area (Å²) in [4.78, 5) is 27.3. The lowest BCUT2D eigenvalue weighted by molar-refractivity contribution is -0.136. The number of carbonyl (C=O) groups is 1. The van der Waals surface area contributed by atoms with E-state index in [0.717, 1.165) is 0 Å². The van der Waals surface area contributed by atoms with E-state index in [1.54, 1.807) is 0 Å². The van der Waals surface area contributed by atoms with Crippen molar-refractivity contribution in [1.82, 2.24) is 0 Å². The van der Waals surface area contributed by atoms with Crippen molar-refractivity contribution in [2.75, 3.05) is 13.7 Å². The molecular formula is C6H11O6P. The molecule has 0 bridgehead atoms. The highest BCUT2D eigenvalue weighted by Gasteiger charge is 2.12. The summed E-state index contributed by atoms with van der Waals surface area (Å²) >= 11 is 0. The highest BCUT2D eigenvalue weighted by atomic mass is 31.2. The summed E-state index contributed by atoms with van der Waals surface area (Å²) in [5.41, 5.74) is 0.232. The van der Waals surface area contributed by atoms with E-state index in [1.807, 2.05) is 0 Å². The Hall–Kier alpha value is -0.680. The van der Waals surface area contributed by atoms with Gasteiger partial charge in [0.05, 0.1) is 13.7 Å². The average Bonchev–Trinajstić information content (AvgIpc) is 2.00. The standard InChI is InChI=1S/C6H11O6P/c1-5(6(7)11-2)3-4-12-13(8,9)10/h3H,4H2,1-2H3,(H2,8,9,10)/b5-3-. The Morgan fingerprint density at radius 1 is 1.54 bits per heavy atom. The summed E-state index contributed by atoms with van der Waals surface area (Å²) in [6, 6.07) is 0. The lowest BCUT2D eigenvalue weighted by Crippen LogP contribution is -2.02. The molecule has 0 amide bonds. The summed E-state index contributed by atoms with van der Waals surface area (Å²) in [5.74, 6) is -0.561. The fraction of sp³-hybridized carbons (Fsp3) is 0.500. The molecule has 0 aromatic heterocycles. The van der Waals surface area contributed by atoms with Crippen LogP contribution >= 0.6 is 7.82 Å². The number of hydrogen-bond donors (Lipinski definition) is 2. The largest absolute Gasteiger partial charge is 0.469 e. The molecular weight excluding hydrogens is 199 g/mol. The molecule has 13 heavy (non-hydrogen) atoms. The maximum absolute atomic E-state index is 10.7. The average molecular weight is 210 g/mol. The molecule has 0 radical (unpaired) electrons. The van der Waals surface area contributed by atoms with Gasteiger partial charge in [-0.05, 0) is 13.0 Å². The molecule has 7 heteroatoms. The second kappa shape index (κ2) is 5.14. The Morgan fingerprint density at radius 3 is 2.46 bits per heavy atom. The zero-order chi connectivity index (χ0) is 10.5. The number of hydrogen-bond acceptors (Lipinski definition) is 4. The number of rotatable bonds is 4. The molecule has 0 aromatic rings. The zero-order valence-electron chi connectivity index (χ0n) is 7.26. The van der Waals surface area contributed by atoms with E-state index in [0.29, 0.717) is 0 Å². The Labute approximate surface area is 75.4 Å². The van der Waals surface area contributed by atoms with Crippen LogP contribution < -0.4 is 0 Å². The van der Waals surface area contributed by atoms with E-state index < -0.39 is 13.8 Å². The highest BCUT2D eigenvalue weighted by Crippen LogP contribution is 2.35. The monoisotopic (exact) mass is 210 g/mol. The maximum Gasteiger partial charge on any atom is 0.469 e. The Kier molecular flexibility index (Phi) is 4.87. The second-order valence-corrected chi connectivity index (χ2v) is 3.40. The van der Waals surface area contributed by atoms with Crippen LogP contribution in [0.3, 0.4) is 0 Å². The first-order valence-electron chi connectivity index (χ1n) is 3.32. The Balaban J connectivity index is 3.99. The fourth-order valence-electron chi connectivity index (χ4n) is 0.504. The molecule has 0 heterocycles. The molecule has 0 atom stereocenters. The van der Waals surface area contributed by atoms with E-state index >= 15 is 0 Å². The minimum Gasteiger partial charge on any atom is -0.466 e. The number of phosphoric acid groups is 1. The minimum absolute atomic E-state index is 0.232. The van der Waals surface area contributed by atoms with Gasteiger partial charge in [-0.2, -0.15) is 0 Å². The molecule has 0 aliphatic heterocycles. The van der Waals surface area contributed by atoms with Gasteiger partial charge in [0.15, 0.2) is 0 Å². The van der Waals surface area contributed by atoms with Gasteiger partial charge in [0.1, 0.15) is 0 Å². The van der Waals surface area contributed by atoms with E-state index in [2.05, 4.69) is 9.26 Å². The first-order valence-corrected chi connectivity index (χ1v) is 4.85. The van der Waals surface area contributed by atoms with Crippen molar-refractivity contribution in [3.8, 4) is 0 Å². The minimum atomic E-state index is -4.46. The molecule has 0 fully saturated rings. The summed E-state index contributed by atoms with van der Waals surface area (Å²) < 4.78 is 18.6. The van der Waals surface area contributed by atoms with E-state index in [1.165, 1.54) is 20.1 Å². The molecule has 76 valence electrons. The first-order chi connectivity index (χ1) is 5.87. The molecule has 2 N–H and O–H groups in total. The third-order valence-electron chi connectivity index (χ3n) is 1.14. The fourth-order valence-corrected chi connectivity index (χ4v) is 0.772. The summed E-state index contributed by atoms with van der Waals surface area (Å²) in [5, 5.41) is 0. The topological polar surface area (TPSA) is 93.1 Å². The predicted octanol–water partition coefficient (Wildman–Crippen LogP) is 0.215. The van der Waals surface area contributed by atoms with Crippen molar-refractivity contribution in [3.63, 3.8) is 0 Å². The van der Waals surface area contributed by atoms with Crippen molar-refractivity contribution in [1.29, 1.82) is 0 Å². The lowest BCUT2D eigenvalue weighted by Gasteiger charge is -2.02. The van der Waals surface area contributed by atoms with E-state index in [9.17, 15) is 9.36 Å². The van der Waals surface area contributed by atoms with Crippen LogP contribution in [0.1, 0.15) is 6.92 Å². The number of carbonyl (C=O) groups excluding carboxylic acids is 1. The molecule has 0 saturated carbocycles. The van der Waals surface area contributed by atoms with Gasteiger partial charge in [0, 0.05) is 5.57 Å². The summed E-state index contributed by atoms with van der Waals surface area (Å²) in [7, 11) is -3.25.